The first-order chi connectivity index (χ1) is 6.72. The number of rotatable bonds is 9. The van der Waals surface area contributed by atoms with Gasteiger partial charge in [0.1, 0.15) is 0 Å². The number of nitrogens with one attached hydrogen (secondary N) is 2. The first-order valence-corrected chi connectivity index (χ1v) is 4.83. The Labute approximate surface area is 84.6 Å². The number of carbonyl (C=O) groups is 1. The van der Waals surface area contributed by atoms with E-state index in [4.69, 9.17) is 17.2 Å². The fraction of sp³-hybridized carbons (Fsp3) is 0.875. The van der Waals surface area contributed by atoms with Crippen LogP contribution in [0, 0.1) is 5.92 Å². The molecule has 0 aliphatic carbocycles. The number of hydrogen-bond donors (Lipinski definition) is 5. The van der Waals surface area contributed by atoms with Gasteiger partial charge in [0, 0.05) is 39.3 Å². The lowest BCUT2D eigenvalue weighted by Gasteiger charge is -2.14. The molecule has 0 aromatic heterocycles. The van der Waals surface area contributed by atoms with Crippen molar-refractivity contribution in [2.24, 2.45) is 23.1 Å². The van der Waals surface area contributed by atoms with Gasteiger partial charge in [0.25, 0.3) is 0 Å². The van der Waals surface area contributed by atoms with Crippen LogP contribution < -0.4 is 27.8 Å². The van der Waals surface area contributed by atoms with Crippen molar-refractivity contribution in [3.8, 4) is 0 Å². The van der Waals surface area contributed by atoms with Crippen molar-refractivity contribution in [1.82, 2.24) is 10.6 Å². The summed E-state index contributed by atoms with van der Waals surface area (Å²) in [4.78, 5) is 11.0. The van der Waals surface area contributed by atoms with Crippen LogP contribution in [0.5, 0.6) is 0 Å². The second-order valence-electron chi connectivity index (χ2n) is 3.08. The predicted molar refractivity (Wildman–Crippen MR) is 56.5 cm³/mol. The van der Waals surface area contributed by atoms with Crippen molar-refractivity contribution in [1.29, 1.82) is 0 Å². The van der Waals surface area contributed by atoms with Gasteiger partial charge in [-0.05, 0) is 0 Å². The van der Waals surface area contributed by atoms with Crippen LogP contribution in [0.4, 0.5) is 0 Å². The average Bonchev–Trinajstić information content (AvgIpc) is 2.15. The van der Waals surface area contributed by atoms with Crippen LogP contribution in [0.3, 0.4) is 0 Å². The van der Waals surface area contributed by atoms with Gasteiger partial charge in [0.15, 0.2) is 0 Å². The molecule has 0 atom stereocenters. The zero-order valence-corrected chi connectivity index (χ0v) is 8.46. The van der Waals surface area contributed by atoms with Crippen molar-refractivity contribution in [3.63, 3.8) is 0 Å². The van der Waals surface area contributed by atoms with Crippen molar-refractivity contribution in [3.05, 3.63) is 0 Å². The highest BCUT2D eigenvalue weighted by Crippen LogP contribution is 1.90. The Balaban J connectivity index is 3.61. The molecule has 84 valence electrons. The van der Waals surface area contributed by atoms with Crippen LogP contribution in [0.15, 0.2) is 0 Å². The first-order valence-electron chi connectivity index (χ1n) is 4.83. The summed E-state index contributed by atoms with van der Waals surface area (Å²) >= 11 is 0. The molecular weight excluding hydrogens is 182 g/mol. The van der Waals surface area contributed by atoms with Gasteiger partial charge in [0.05, 0.1) is 5.92 Å². The Hall–Kier alpha value is -0.690. The third-order valence-corrected chi connectivity index (χ3v) is 1.83. The first kappa shape index (κ1) is 13.3. The lowest BCUT2D eigenvalue weighted by Crippen LogP contribution is -2.41. The van der Waals surface area contributed by atoms with Gasteiger partial charge >= 0.3 is 0 Å². The summed E-state index contributed by atoms with van der Waals surface area (Å²) in [5.74, 6) is -0.507. The highest BCUT2D eigenvalue weighted by molar-refractivity contribution is 5.77. The Morgan fingerprint density at radius 3 is 1.79 bits per heavy atom. The van der Waals surface area contributed by atoms with E-state index in [0.717, 1.165) is 0 Å². The predicted octanol–water partition coefficient (Wildman–Crippen LogP) is -2.82. The van der Waals surface area contributed by atoms with Crippen molar-refractivity contribution >= 4 is 5.91 Å². The molecule has 0 aliphatic rings. The van der Waals surface area contributed by atoms with Crippen LogP contribution in [0.1, 0.15) is 0 Å². The van der Waals surface area contributed by atoms with E-state index in [2.05, 4.69) is 10.6 Å². The van der Waals surface area contributed by atoms with Gasteiger partial charge in [-0.2, -0.15) is 0 Å². The quantitative estimate of drug-likeness (QED) is 0.259. The smallest absolute Gasteiger partial charge is 0.223 e. The molecule has 0 saturated heterocycles. The summed E-state index contributed by atoms with van der Waals surface area (Å²) in [6, 6.07) is 0. The molecule has 0 fully saturated rings. The molecule has 6 heteroatoms. The number of amides is 1. The number of primary amides is 1. The minimum atomic E-state index is -0.306. The highest BCUT2D eigenvalue weighted by atomic mass is 16.1. The van der Waals surface area contributed by atoms with Gasteiger partial charge in [-0.3, -0.25) is 4.79 Å². The maximum atomic E-state index is 11.0. The van der Waals surface area contributed by atoms with Gasteiger partial charge in [-0.15, -0.1) is 0 Å². The molecule has 0 aromatic carbocycles. The maximum Gasteiger partial charge on any atom is 0.223 e. The van der Waals surface area contributed by atoms with E-state index in [0.29, 0.717) is 39.3 Å². The Morgan fingerprint density at radius 1 is 1.07 bits per heavy atom. The van der Waals surface area contributed by atoms with Crippen LogP contribution in [0.2, 0.25) is 0 Å². The zero-order chi connectivity index (χ0) is 10.8. The number of hydrogen-bond acceptors (Lipinski definition) is 5. The normalized spacial score (nSPS) is 10.8. The molecule has 0 heterocycles. The minimum absolute atomic E-state index is 0.201. The van der Waals surface area contributed by atoms with Crippen LogP contribution in [-0.4, -0.2) is 45.2 Å². The average molecular weight is 203 g/mol. The molecule has 8 N–H and O–H groups in total. The second kappa shape index (κ2) is 8.89. The molecule has 6 nitrogen and oxygen atoms in total. The van der Waals surface area contributed by atoms with E-state index in [1.807, 2.05) is 0 Å². The second-order valence-corrected chi connectivity index (χ2v) is 3.08. The highest BCUT2D eigenvalue weighted by Gasteiger charge is 2.13. The summed E-state index contributed by atoms with van der Waals surface area (Å²) in [6.45, 7) is 3.62. The summed E-state index contributed by atoms with van der Waals surface area (Å²) in [6.07, 6.45) is 0. The van der Waals surface area contributed by atoms with Gasteiger partial charge in [-0.25, -0.2) is 0 Å². The molecule has 0 aliphatic heterocycles. The summed E-state index contributed by atoms with van der Waals surface area (Å²) in [7, 11) is 0. The van der Waals surface area contributed by atoms with E-state index in [1.54, 1.807) is 0 Å². The molecular formula is C8H21N5O. The van der Waals surface area contributed by atoms with Gasteiger partial charge in [0.2, 0.25) is 5.91 Å². The fourth-order valence-corrected chi connectivity index (χ4v) is 1.03. The lowest BCUT2D eigenvalue weighted by atomic mass is 10.1. The van der Waals surface area contributed by atoms with E-state index in [-0.39, 0.29) is 11.8 Å². The van der Waals surface area contributed by atoms with E-state index in [1.165, 1.54) is 0 Å². The fourth-order valence-electron chi connectivity index (χ4n) is 1.03. The Morgan fingerprint density at radius 2 is 1.50 bits per heavy atom. The minimum Gasteiger partial charge on any atom is -0.369 e. The summed E-state index contributed by atoms with van der Waals surface area (Å²) in [5, 5.41) is 6.09. The lowest BCUT2D eigenvalue weighted by molar-refractivity contribution is -0.121. The maximum absolute atomic E-state index is 11.0. The molecule has 0 aromatic rings. The molecule has 0 spiro atoms. The SMILES string of the molecule is NCCNCC(CNCCN)C(N)=O. The molecule has 0 bridgehead atoms. The van der Waals surface area contributed by atoms with Crippen LogP contribution in [0.25, 0.3) is 0 Å². The molecule has 0 unspecified atom stereocenters. The zero-order valence-electron chi connectivity index (χ0n) is 8.46. The molecule has 0 saturated carbocycles. The van der Waals surface area contributed by atoms with E-state index < -0.39 is 0 Å². The van der Waals surface area contributed by atoms with Gasteiger partial charge < -0.3 is 27.8 Å². The largest absolute Gasteiger partial charge is 0.369 e. The van der Waals surface area contributed by atoms with Crippen molar-refractivity contribution in [2.75, 3.05) is 39.3 Å². The topological polar surface area (TPSA) is 119 Å². The molecule has 0 radical (unpaired) electrons. The van der Waals surface area contributed by atoms with Crippen molar-refractivity contribution in [2.45, 2.75) is 0 Å². The molecule has 0 rings (SSSR count). The summed E-state index contributed by atoms with van der Waals surface area (Å²) < 4.78 is 0. The van der Waals surface area contributed by atoms with Crippen molar-refractivity contribution < 1.29 is 4.79 Å². The van der Waals surface area contributed by atoms with Crippen LogP contribution >= 0.6 is 0 Å². The third kappa shape index (κ3) is 6.79. The van der Waals surface area contributed by atoms with Gasteiger partial charge in [-0.1, -0.05) is 0 Å². The van der Waals surface area contributed by atoms with E-state index in [9.17, 15) is 4.79 Å². The molecule has 1 amide bonds. The number of carbonyl (C=O) groups excluding carboxylic acids is 1. The monoisotopic (exact) mass is 203 g/mol. The van der Waals surface area contributed by atoms with Crippen LogP contribution in [-0.2, 0) is 4.79 Å². The Bertz CT molecular complexity index is 143. The number of nitrogens with two attached hydrogens (primary N) is 3. The molecule has 14 heavy (non-hydrogen) atoms. The van der Waals surface area contributed by atoms with E-state index >= 15 is 0 Å². The summed E-state index contributed by atoms with van der Waals surface area (Å²) in [5.41, 5.74) is 15.8. The standard InChI is InChI=1S/C8H21N5O/c9-1-3-12-5-7(8(11)14)6-13-4-2-10/h7,12-13H,1-6,9-10H2,(H2,11,14). The third-order valence-electron chi connectivity index (χ3n) is 1.83. The Kier molecular flexibility index (Phi) is 8.45.